The fourth-order valence-electron chi connectivity index (χ4n) is 1.68. The highest BCUT2D eigenvalue weighted by Crippen LogP contribution is 2.08. The van der Waals surface area contributed by atoms with Crippen LogP contribution in [-0.4, -0.2) is 31.0 Å². The summed E-state index contributed by atoms with van der Waals surface area (Å²) < 4.78 is 5.01. The van der Waals surface area contributed by atoms with Crippen LogP contribution in [-0.2, 0) is 16.0 Å². The van der Waals surface area contributed by atoms with Crippen molar-refractivity contribution < 1.29 is 9.53 Å². The van der Waals surface area contributed by atoms with E-state index in [1.807, 2.05) is 31.2 Å². The van der Waals surface area contributed by atoms with Gasteiger partial charge in [0.2, 0.25) is 5.91 Å². The van der Waals surface area contributed by atoms with Crippen LogP contribution in [0.2, 0.25) is 0 Å². The largest absolute Gasteiger partial charge is 0.384 e. The number of rotatable bonds is 7. The predicted molar refractivity (Wildman–Crippen MR) is 77.1 cm³/mol. The van der Waals surface area contributed by atoms with Gasteiger partial charge < -0.3 is 10.1 Å². The molecule has 0 aliphatic heterocycles. The number of hydrogen-bond donors (Lipinski definition) is 1. The molecule has 3 nitrogen and oxygen atoms in total. The average Bonchev–Trinajstić information content (AvgIpc) is 2.32. The third kappa shape index (κ3) is 5.65. The lowest BCUT2D eigenvalue weighted by molar-refractivity contribution is -0.120. The molecule has 18 heavy (non-hydrogen) atoms. The van der Waals surface area contributed by atoms with Crippen LogP contribution in [0.4, 0.5) is 0 Å². The van der Waals surface area contributed by atoms with Gasteiger partial charge in [0.15, 0.2) is 0 Å². The van der Waals surface area contributed by atoms with Crippen LogP contribution in [0.1, 0.15) is 17.5 Å². The van der Waals surface area contributed by atoms with E-state index in [9.17, 15) is 4.79 Å². The molecule has 0 saturated carbocycles. The van der Waals surface area contributed by atoms with Crippen molar-refractivity contribution >= 4 is 21.8 Å². The molecule has 1 N–H and O–H groups in total. The Kier molecular flexibility index (Phi) is 6.98. The summed E-state index contributed by atoms with van der Waals surface area (Å²) >= 11 is 3.49. The summed E-state index contributed by atoms with van der Waals surface area (Å²) in [5, 5.41) is 2.92. The van der Waals surface area contributed by atoms with Gasteiger partial charge in [-0.3, -0.25) is 4.79 Å². The highest BCUT2D eigenvalue weighted by Gasteiger charge is 2.07. The van der Waals surface area contributed by atoms with Gasteiger partial charge in [0.05, 0.1) is 13.0 Å². The van der Waals surface area contributed by atoms with E-state index in [-0.39, 0.29) is 5.91 Å². The maximum Gasteiger partial charge on any atom is 0.224 e. The Hall–Kier alpha value is -0.870. The molecule has 0 fully saturated rings. The second kappa shape index (κ2) is 8.27. The molecule has 0 saturated heterocycles. The molecular formula is C14H20BrNO2. The van der Waals surface area contributed by atoms with Crippen molar-refractivity contribution in [3.05, 3.63) is 35.4 Å². The quantitative estimate of drug-likeness (QED) is 0.785. The van der Waals surface area contributed by atoms with Crippen LogP contribution in [0.25, 0.3) is 0 Å². The van der Waals surface area contributed by atoms with E-state index in [0.717, 1.165) is 17.5 Å². The van der Waals surface area contributed by atoms with Crippen LogP contribution < -0.4 is 5.32 Å². The SMILES string of the molecule is COCC(Br)CCNC(=O)Cc1ccccc1C. The Balaban J connectivity index is 2.28. The van der Waals surface area contributed by atoms with Gasteiger partial charge in [-0.25, -0.2) is 0 Å². The molecule has 0 aromatic heterocycles. The van der Waals surface area contributed by atoms with Crippen LogP contribution in [0.3, 0.4) is 0 Å². The molecule has 0 heterocycles. The minimum Gasteiger partial charge on any atom is -0.384 e. The fourth-order valence-corrected chi connectivity index (χ4v) is 2.17. The number of amides is 1. The summed E-state index contributed by atoms with van der Waals surface area (Å²) in [6.45, 7) is 3.35. The molecule has 1 aromatic rings. The van der Waals surface area contributed by atoms with Crippen molar-refractivity contribution in [1.82, 2.24) is 5.32 Å². The molecule has 1 aromatic carbocycles. The van der Waals surface area contributed by atoms with E-state index in [1.54, 1.807) is 7.11 Å². The molecule has 0 spiro atoms. The van der Waals surface area contributed by atoms with Crippen LogP contribution in [0, 0.1) is 6.92 Å². The summed E-state index contributed by atoms with van der Waals surface area (Å²) in [5.41, 5.74) is 2.24. The van der Waals surface area contributed by atoms with Crippen molar-refractivity contribution in [1.29, 1.82) is 0 Å². The number of carbonyl (C=O) groups excluding carboxylic acids is 1. The normalized spacial score (nSPS) is 12.2. The number of halogens is 1. The smallest absolute Gasteiger partial charge is 0.224 e. The van der Waals surface area contributed by atoms with Gasteiger partial charge in [0.25, 0.3) is 0 Å². The predicted octanol–water partition coefficient (Wildman–Crippen LogP) is 2.45. The third-order valence-corrected chi connectivity index (χ3v) is 3.46. The Bertz CT molecular complexity index is 382. The zero-order chi connectivity index (χ0) is 13.4. The third-order valence-electron chi connectivity index (χ3n) is 2.74. The zero-order valence-electron chi connectivity index (χ0n) is 10.9. The van der Waals surface area contributed by atoms with E-state index >= 15 is 0 Å². The second-order valence-corrected chi connectivity index (χ2v) is 5.59. The Labute approximate surface area is 117 Å². The number of methoxy groups -OCH3 is 1. The zero-order valence-corrected chi connectivity index (χ0v) is 12.5. The molecule has 1 rings (SSSR count). The van der Waals surface area contributed by atoms with Crippen molar-refractivity contribution in [2.75, 3.05) is 20.3 Å². The number of carbonyl (C=O) groups is 1. The van der Waals surface area contributed by atoms with Crippen LogP contribution >= 0.6 is 15.9 Å². The monoisotopic (exact) mass is 313 g/mol. The number of nitrogens with one attached hydrogen (secondary N) is 1. The lowest BCUT2D eigenvalue weighted by Gasteiger charge is -2.10. The second-order valence-electron chi connectivity index (χ2n) is 4.29. The summed E-state index contributed by atoms with van der Waals surface area (Å²) in [4.78, 5) is 12.0. The van der Waals surface area contributed by atoms with E-state index in [2.05, 4.69) is 21.2 Å². The van der Waals surface area contributed by atoms with Gasteiger partial charge in [-0.05, 0) is 24.5 Å². The Morgan fingerprint density at radius 3 is 2.83 bits per heavy atom. The first-order valence-corrected chi connectivity index (χ1v) is 6.99. The highest BCUT2D eigenvalue weighted by molar-refractivity contribution is 9.09. The molecule has 4 heteroatoms. The summed E-state index contributed by atoms with van der Waals surface area (Å²) in [7, 11) is 1.67. The fraction of sp³-hybridized carbons (Fsp3) is 0.500. The van der Waals surface area contributed by atoms with Gasteiger partial charge in [-0.1, -0.05) is 40.2 Å². The topological polar surface area (TPSA) is 38.3 Å². The van der Waals surface area contributed by atoms with Gasteiger partial charge in [-0.15, -0.1) is 0 Å². The number of aryl methyl sites for hydroxylation is 1. The maximum absolute atomic E-state index is 11.7. The Morgan fingerprint density at radius 1 is 1.44 bits per heavy atom. The number of ether oxygens (including phenoxy) is 1. The molecule has 100 valence electrons. The van der Waals surface area contributed by atoms with Crippen LogP contribution in [0.15, 0.2) is 24.3 Å². The summed E-state index contributed by atoms with van der Waals surface area (Å²) in [6, 6.07) is 7.96. The molecule has 0 aliphatic rings. The molecule has 0 radical (unpaired) electrons. The summed E-state index contributed by atoms with van der Waals surface area (Å²) in [5.74, 6) is 0.0708. The van der Waals surface area contributed by atoms with E-state index in [1.165, 1.54) is 0 Å². The first kappa shape index (κ1) is 15.2. The molecule has 0 bridgehead atoms. The highest BCUT2D eigenvalue weighted by atomic mass is 79.9. The maximum atomic E-state index is 11.7. The van der Waals surface area contributed by atoms with Crippen LogP contribution in [0.5, 0.6) is 0 Å². The lowest BCUT2D eigenvalue weighted by atomic mass is 10.1. The van der Waals surface area contributed by atoms with Crippen molar-refractivity contribution in [3.63, 3.8) is 0 Å². The van der Waals surface area contributed by atoms with E-state index in [4.69, 9.17) is 4.74 Å². The average molecular weight is 314 g/mol. The lowest BCUT2D eigenvalue weighted by Crippen LogP contribution is -2.28. The van der Waals surface area contributed by atoms with Crippen molar-refractivity contribution in [2.45, 2.75) is 24.6 Å². The first-order valence-electron chi connectivity index (χ1n) is 6.07. The first-order chi connectivity index (χ1) is 8.63. The molecule has 1 unspecified atom stereocenters. The Morgan fingerprint density at radius 2 is 2.17 bits per heavy atom. The molecule has 1 atom stereocenters. The van der Waals surface area contributed by atoms with Gasteiger partial charge in [0, 0.05) is 18.5 Å². The minimum atomic E-state index is 0.0708. The number of hydrogen-bond acceptors (Lipinski definition) is 2. The number of benzene rings is 1. The minimum absolute atomic E-state index is 0.0708. The number of alkyl halides is 1. The van der Waals surface area contributed by atoms with Crippen molar-refractivity contribution in [2.24, 2.45) is 0 Å². The summed E-state index contributed by atoms with van der Waals surface area (Å²) in [6.07, 6.45) is 1.32. The molecule has 1 amide bonds. The van der Waals surface area contributed by atoms with Crippen molar-refractivity contribution in [3.8, 4) is 0 Å². The standard InChI is InChI=1S/C14H20BrNO2/c1-11-5-3-4-6-12(11)9-14(17)16-8-7-13(15)10-18-2/h3-6,13H,7-10H2,1-2H3,(H,16,17). The van der Waals surface area contributed by atoms with Gasteiger partial charge in [0.1, 0.15) is 0 Å². The molecular weight excluding hydrogens is 294 g/mol. The van der Waals surface area contributed by atoms with Gasteiger partial charge in [-0.2, -0.15) is 0 Å². The van der Waals surface area contributed by atoms with E-state index < -0.39 is 0 Å². The van der Waals surface area contributed by atoms with Gasteiger partial charge >= 0.3 is 0 Å². The molecule has 0 aliphatic carbocycles. The van der Waals surface area contributed by atoms with E-state index in [0.29, 0.717) is 24.4 Å².